The van der Waals surface area contributed by atoms with Gasteiger partial charge in [0.25, 0.3) is 11.8 Å². The molecule has 0 saturated carbocycles. The quantitative estimate of drug-likeness (QED) is 0.682. The van der Waals surface area contributed by atoms with Crippen molar-refractivity contribution < 1.29 is 24.2 Å². The molecule has 2 aromatic rings. The SMILES string of the molecule is CCN(CC)C(=O)c1cccc(NC(=O)COC(=O)Cc2ccc(O)cc2)c1. The van der Waals surface area contributed by atoms with Crippen LogP contribution in [0.3, 0.4) is 0 Å². The van der Waals surface area contributed by atoms with Crippen LogP contribution in [-0.2, 0) is 20.7 Å². The smallest absolute Gasteiger partial charge is 0.310 e. The number of nitrogens with zero attached hydrogens (tertiary/aromatic N) is 1. The highest BCUT2D eigenvalue weighted by molar-refractivity contribution is 5.97. The molecule has 0 atom stereocenters. The number of esters is 1. The first kappa shape index (κ1) is 21.0. The first-order valence-corrected chi connectivity index (χ1v) is 9.05. The van der Waals surface area contributed by atoms with E-state index in [1.165, 1.54) is 12.1 Å². The molecule has 0 saturated heterocycles. The van der Waals surface area contributed by atoms with Gasteiger partial charge in [0.15, 0.2) is 6.61 Å². The summed E-state index contributed by atoms with van der Waals surface area (Å²) < 4.78 is 4.97. The highest BCUT2D eigenvalue weighted by Crippen LogP contribution is 2.13. The van der Waals surface area contributed by atoms with Crippen LogP contribution < -0.4 is 5.32 Å². The van der Waals surface area contributed by atoms with Gasteiger partial charge in [0.2, 0.25) is 0 Å². The predicted octanol–water partition coefficient (Wildman–Crippen LogP) is 2.60. The van der Waals surface area contributed by atoms with Gasteiger partial charge in [-0.1, -0.05) is 18.2 Å². The van der Waals surface area contributed by atoms with E-state index in [9.17, 15) is 19.5 Å². The summed E-state index contributed by atoms with van der Waals surface area (Å²) in [6.45, 7) is 4.58. The number of anilines is 1. The van der Waals surface area contributed by atoms with E-state index < -0.39 is 18.5 Å². The molecule has 0 fully saturated rings. The van der Waals surface area contributed by atoms with Crippen LogP contribution in [0.2, 0.25) is 0 Å². The lowest BCUT2D eigenvalue weighted by Crippen LogP contribution is -2.30. The van der Waals surface area contributed by atoms with Crippen LogP contribution in [0, 0.1) is 0 Å². The van der Waals surface area contributed by atoms with Crippen molar-refractivity contribution in [2.45, 2.75) is 20.3 Å². The number of carbonyl (C=O) groups excluding carboxylic acids is 3. The molecule has 28 heavy (non-hydrogen) atoms. The number of nitrogens with one attached hydrogen (secondary N) is 1. The Morgan fingerprint density at radius 1 is 1.04 bits per heavy atom. The van der Waals surface area contributed by atoms with Crippen molar-refractivity contribution in [2.75, 3.05) is 25.0 Å². The molecule has 0 bridgehead atoms. The fourth-order valence-corrected chi connectivity index (χ4v) is 2.60. The fraction of sp³-hybridized carbons (Fsp3) is 0.286. The summed E-state index contributed by atoms with van der Waals surface area (Å²) >= 11 is 0. The summed E-state index contributed by atoms with van der Waals surface area (Å²) in [5.74, 6) is -1.04. The molecule has 7 heteroatoms. The predicted molar refractivity (Wildman–Crippen MR) is 105 cm³/mol. The molecular formula is C21H24N2O5. The molecule has 0 spiro atoms. The lowest BCUT2D eigenvalue weighted by Gasteiger charge is -2.19. The third-order valence-electron chi connectivity index (χ3n) is 4.09. The van der Waals surface area contributed by atoms with Crippen molar-refractivity contribution in [2.24, 2.45) is 0 Å². The van der Waals surface area contributed by atoms with Gasteiger partial charge >= 0.3 is 5.97 Å². The number of aromatic hydroxyl groups is 1. The standard InChI is InChI=1S/C21H24N2O5/c1-3-23(4-2)21(27)16-6-5-7-17(13-16)22-19(25)14-28-20(26)12-15-8-10-18(24)11-9-15/h5-11,13,24H,3-4,12,14H2,1-2H3,(H,22,25). The summed E-state index contributed by atoms with van der Waals surface area (Å²) in [4.78, 5) is 37.9. The molecule has 2 rings (SSSR count). The van der Waals surface area contributed by atoms with E-state index >= 15 is 0 Å². The summed E-state index contributed by atoms with van der Waals surface area (Å²) in [6, 6.07) is 12.8. The zero-order valence-corrected chi connectivity index (χ0v) is 16.0. The number of phenolic OH excluding ortho intramolecular Hbond substituents is 1. The minimum Gasteiger partial charge on any atom is -0.508 e. The number of hydrogen-bond acceptors (Lipinski definition) is 5. The van der Waals surface area contributed by atoms with Crippen LogP contribution in [0.5, 0.6) is 5.75 Å². The number of rotatable bonds is 8. The number of phenols is 1. The minimum atomic E-state index is -0.550. The molecule has 0 aliphatic rings. The second-order valence-electron chi connectivity index (χ2n) is 6.11. The lowest BCUT2D eigenvalue weighted by atomic mass is 10.1. The van der Waals surface area contributed by atoms with Crippen molar-refractivity contribution >= 4 is 23.5 Å². The average molecular weight is 384 g/mol. The monoisotopic (exact) mass is 384 g/mol. The van der Waals surface area contributed by atoms with Crippen LogP contribution in [0.1, 0.15) is 29.8 Å². The first-order chi connectivity index (χ1) is 13.4. The van der Waals surface area contributed by atoms with Gasteiger partial charge < -0.3 is 20.1 Å². The number of hydrogen-bond donors (Lipinski definition) is 2. The fourth-order valence-electron chi connectivity index (χ4n) is 2.60. The highest BCUT2D eigenvalue weighted by Gasteiger charge is 2.14. The van der Waals surface area contributed by atoms with Crippen LogP contribution >= 0.6 is 0 Å². The zero-order valence-electron chi connectivity index (χ0n) is 16.0. The molecule has 0 aliphatic heterocycles. The van der Waals surface area contributed by atoms with E-state index in [1.807, 2.05) is 13.8 Å². The Morgan fingerprint density at radius 2 is 1.71 bits per heavy atom. The first-order valence-electron chi connectivity index (χ1n) is 9.05. The number of ether oxygens (including phenoxy) is 1. The maximum Gasteiger partial charge on any atom is 0.310 e. The molecule has 7 nitrogen and oxygen atoms in total. The van der Waals surface area contributed by atoms with Crippen molar-refractivity contribution in [1.82, 2.24) is 4.90 Å². The van der Waals surface area contributed by atoms with Crippen LogP contribution in [0.15, 0.2) is 48.5 Å². The van der Waals surface area contributed by atoms with E-state index in [1.54, 1.807) is 41.3 Å². The highest BCUT2D eigenvalue weighted by atomic mass is 16.5. The Kier molecular flexibility index (Phi) is 7.56. The van der Waals surface area contributed by atoms with E-state index in [-0.39, 0.29) is 18.1 Å². The largest absolute Gasteiger partial charge is 0.508 e. The van der Waals surface area contributed by atoms with Crippen LogP contribution in [0.25, 0.3) is 0 Å². The minimum absolute atomic E-state index is 0.00141. The Bertz CT molecular complexity index is 829. The summed E-state index contributed by atoms with van der Waals surface area (Å²) in [6.07, 6.45) is 0.00141. The second-order valence-corrected chi connectivity index (χ2v) is 6.11. The van der Waals surface area contributed by atoms with Gasteiger partial charge in [0.1, 0.15) is 5.75 Å². The molecule has 0 aromatic heterocycles. The number of benzene rings is 2. The van der Waals surface area contributed by atoms with Crippen molar-refractivity contribution in [1.29, 1.82) is 0 Å². The average Bonchev–Trinajstić information content (AvgIpc) is 2.69. The van der Waals surface area contributed by atoms with Gasteiger partial charge in [0.05, 0.1) is 6.42 Å². The third-order valence-corrected chi connectivity index (χ3v) is 4.09. The molecular weight excluding hydrogens is 360 g/mol. The normalized spacial score (nSPS) is 10.2. The van der Waals surface area contributed by atoms with E-state index in [4.69, 9.17) is 4.74 Å². The molecule has 2 N–H and O–H groups in total. The Labute approximate surface area is 163 Å². The lowest BCUT2D eigenvalue weighted by molar-refractivity contribution is -0.146. The van der Waals surface area contributed by atoms with Gasteiger partial charge in [0, 0.05) is 24.3 Å². The number of amides is 2. The molecule has 2 amide bonds. The molecule has 0 radical (unpaired) electrons. The van der Waals surface area contributed by atoms with Gasteiger partial charge in [-0.15, -0.1) is 0 Å². The maximum absolute atomic E-state index is 12.4. The zero-order chi connectivity index (χ0) is 20.5. The molecule has 0 heterocycles. The Morgan fingerprint density at radius 3 is 2.36 bits per heavy atom. The van der Waals surface area contributed by atoms with Crippen LogP contribution in [0.4, 0.5) is 5.69 Å². The summed E-state index contributed by atoms with van der Waals surface area (Å²) in [5.41, 5.74) is 1.61. The van der Waals surface area contributed by atoms with Crippen LogP contribution in [-0.4, -0.2) is 47.5 Å². The molecule has 0 aliphatic carbocycles. The molecule has 0 unspecified atom stereocenters. The summed E-state index contributed by atoms with van der Waals surface area (Å²) in [7, 11) is 0. The maximum atomic E-state index is 12.4. The van der Waals surface area contributed by atoms with E-state index in [0.29, 0.717) is 29.9 Å². The Balaban J connectivity index is 1.87. The third kappa shape index (κ3) is 6.12. The molecule has 148 valence electrons. The van der Waals surface area contributed by atoms with Crippen molar-refractivity contribution in [3.05, 3.63) is 59.7 Å². The molecule has 2 aromatic carbocycles. The van der Waals surface area contributed by atoms with Crippen molar-refractivity contribution in [3.63, 3.8) is 0 Å². The summed E-state index contributed by atoms with van der Waals surface area (Å²) in [5, 5.41) is 11.8. The van der Waals surface area contributed by atoms with E-state index in [2.05, 4.69) is 5.32 Å². The van der Waals surface area contributed by atoms with E-state index in [0.717, 1.165) is 0 Å². The second kappa shape index (κ2) is 10.1. The van der Waals surface area contributed by atoms with Gasteiger partial charge in [-0.3, -0.25) is 14.4 Å². The van der Waals surface area contributed by atoms with Crippen molar-refractivity contribution in [3.8, 4) is 5.75 Å². The Hall–Kier alpha value is -3.35. The number of carbonyl (C=O) groups is 3. The van der Waals surface area contributed by atoms with Gasteiger partial charge in [-0.25, -0.2) is 0 Å². The van der Waals surface area contributed by atoms with Gasteiger partial charge in [-0.05, 0) is 49.7 Å². The van der Waals surface area contributed by atoms with Gasteiger partial charge in [-0.2, -0.15) is 0 Å². The topological polar surface area (TPSA) is 95.9 Å².